The van der Waals surface area contributed by atoms with Gasteiger partial charge in [0.05, 0.1) is 13.2 Å². The first-order valence-corrected chi connectivity index (χ1v) is 9.35. The molecule has 18 heteroatoms. The fourth-order valence-electron chi connectivity index (χ4n) is 2.83. The fourth-order valence-corrected chi connectivity index (χ4v) is 3.37. The van der Waals surface area contributed by atoms with E-state index >= 15 is 0 Å². The van der Waals surface area contributed by atoms with E-state index in [2.05, 4.69) is 4.52 Å². The van der Waals surface area contributed by atoms with E-state index in [1.807, 2.05) is 0 Å². The summed E-state index contributed by atoms with van der Waals surface area (Å²) in [6.07, 6.45) is -17.6. The van der Waals surface area contributed by atoms with Gasteiger partial charge in [-0.1, -0.05) is 0 Å². The van der Waals surface area contributed by atoms with Gasteiger partial charge in [0.1, 0.15) is 48.8 Å². The molecule has 176 valence electrons. The Labute approximate surface area is 230 Å². The van der Waals surface area contributed by atoms with E-state index in [1.54, 1.807) is 0 Å². The zero-order valence-electron chi connectivity index (χ0n) is 14.2. The van der Waals surface area contributed by atoms with Gasteiger partial charge < -0.3 is 65.2 Å². The molecule has 0 bridgehead atoms. The Balaban J connectivity index is 0. The second kappa shape index (κ2) is 14.6. The monoisotopic (exact) mass is 524 g/mol. The molecule has 2 heterocycles. The summed E-state index contributed by atoms with van der Waals surface area (Å²) >= 11 is 0. The van der Waals surface area contributed by atoms with Crippen LogP contribution in [-0.4, -0.2) is 201 Å². The Morgan fingerprint density at radius 1 is 0.767 bits per heavy atom. The molecule has 2 saturated heterocycles. The first-order chi connectivity index (χ1) is 12.5. The number of phosphoric acid groups is 1. The van der Waals surface area contributed by atoms with Crippen molar-refractivity contribution >= 4 is 83.3 Å². The first kappa shape index (κ1) is 34.4. The molecule has 0 aromatic rings. The molecule has 15 nitrogen and oxygen atoms in total. The summed E-state index contributed by atoms with van der Waals surface area (Å²) in [5.41, 5.74) is 0. The SMILES string of the molecule is O.O=P(O)(O)O[C@H]1[C@H](O[C@H]2[C@H](O)[C@@H](O)[C@H](O)O[C@@H]2CO)O[C@H](CO)[C@H](O)[C@@H]1O.[CaH2].[CaH2]. The Morgan fingerprint density at radius 3 is 1.73 bits per heavy atom. The molecule has 2 fully saturated rings. The van der Waals surface area contributed by atoms with E-state index in [0.717, 1.165) is 0 Å². The maximum absolute atomic E-state index is 11.2. The molecule has 2 rings (SSSR count). The summed E-state index contributed by atoms with van der Waals surface area (Å²) in [5.74, 6) is 0. The quantitative estimate of drug-likeness (QED) is 0.115. The van der Waals surface area contributed by atoms with Crippen molar-refractivity contribution < 1.29 is 74.3 Å². The minimum absolute atomic E-state index is 0. The van der Waals surface area contributed by atoms with Gasteiger partial charge in [0, 0.05) is 0 Å². The van der Waals surface area contributed by atoms with Gasteiger partial charge in [0.25, 0.3) is 0 Å². The third-order valence-electron chi connectivity index (χ3n) is 4.21. The van der Waals surface area contributed by atoms with E-state index < -0.39 is 82.4 Å². The van der Waals surface area contributed by atoms with Crippen LogP contribution in [0.4, 0.5) is 0 Å². The molecule has 0 aromatic carbocycles. The number of ether oxygens (including phenoxy) is 3. The predicted molar refractivity (Wildman–Crippen MR) is 100 cm³/mol. The van der Waals surface area contributed by atoms with Crippen LogP contribution in [0, 0.1) is 0 Å². The van der Waals surface area contributed by atoms with Crippen LogP contribution in [0.2, 0.25) is 0 Å². The molecule has 0 unspecified atom stereocenters. The normalized spacial score (nSPS) is 41.8. The number of rotatable bonds is 6. The van der Waals surface area contributed by atoms with E-state index in [9.17, 15) is 40.3 Å². The van der Waals surface area contributed by atoms with Gasteiger partial charge >= 0.3 is 83.3 Å². The molecule has 2 aliphatic heterocycles. The standard InChI is InChI=1S/C12H23O14P.2Ca.H2O.4H/c13-1-3-5(15)6(16)10(26-27(20,21)22)12(24-3)25-9-4(2-14)23-11(19)8(18)7(9)17;;;;;;;/h3-19H,1-2H2,(H2,20,21,22);;;1H2;;;;/t3-,4-,5+,6+,7-,8-,9-,10-,11-,12+;;;;;;;/m1......./s1. The van der Waals surface area contributed by atoms with E-state index in [0.29, 0.717) is 0 Å². The molecule has 0 radical (unpaired) electrons. The van der Waals surface area contributed by atoms with E-state index in [-0.39, 0.29) is 81.0 Å². The Bertz CT molecular complexity index is 538. The summed E-state index contributed by atoms with van der Waals surface area (Å²) in [7, 11) is -5.20. The van der Waals surface area contributed by atoms with Crippen LogP contribution in [0.25, 0.3) is 0 Å². The summed E-state index contributed by atoms with van der Waals surface area (Å²) in [5, 5.41) is 67.7. The molecule has 10 atom stereocenters. The van der Waals surface area contributed by atoms with Crippen LogP contribution in [0.1, 0.15) is 0 Å². The van der Waals surface area contributed by atoms with Gasteiger partial charge in [-0.25, -0.2) is 4.57 Å². The third-order valence-corrected chi connectivity index (χ3v) is 4.73. The topological polar surface area (TPSA) is 268 Å². The van der Waals surface area contributed by atoms with Gasteiger partial charge in [-0.3, -0.25) is 4.52 Å². The number of aliphatic hydroxyl groups excluding tert-OH is 7. The van der Waals surface area contributed by atoms with Gasteiger partial charge in [0.2, 0.25) is 0 Å². The van der Waals surface area contributed by atoms with Crippen molar-refractivity contribution in [3.05, 3.63) is 0 Å². The molecule has 2 aliphatic rings. The average Bonchev–Trinajstić information content (AvgIpc) is 2.60. The van der Waals surface area contributed by atoms with Crippen LogP contribution in [0.3, 0.4) is 0 Å². The fraction of sp³-hybridized carbons (Fsp3) is 1.00. The van der Waals surface area contributed by atoms with Crippen molar-refractivity contribution in [3.8, 4) is 0 Å². The van der Waals surface area contributed by atoms with Gasteiger partial charge in [-0.2, -0.15) is 0 Å². The summed E-state index contributed by atoms with van der Waals surface area (Å²) in [6, 6.07) is 0. The van der Waals surface area contributed by atoms with Crippen LogP contribution in [0.15, 0.2) is 0 Å². The summed E-state index contributed by atoms with van der Waals surface area (Å²) in [4.78, 5) is 18.0. The maximum atomic E-state index is 11.2. The van der Waals surface area contributed by atoms with Crippen molar-refractivity contribution in [1.29, 1.82) is 0 Å². The predicted octanol–water partition coefficient (Wildman–Crippen LogP) is -7.94. The Kier molecular flexibility index (Phi) is 16.7. The van der Waals surface area contributed by atoms with E-state index in [1.165, 1.54) is 0 Å². The van der Waals surface area contributed by atoms with Crippen molar-refractivity contribution in [3.63, 3.8) is 0 Å². The molecule has 0 spiro atoms. The molecular weight excluding hydrogens is 495 g/mol. The molecule has 0 aromatic heterocycles. The molecule has 11 N–H and O–H groups in total. The number of phosphoric ester groups is 1. The summed E-state index contributed by atoms with van der Waals surface area (Å²) < 4.78 is 30.8. The van der Waals surface area contributed by atoms with Gasteiger partial charge in [-0.05, 0) is 0 Å². The van der Waals surface area contributed by atoms with Crippen molar-refractivity contribution in [2.75, 3.05) is 13.2 Å². The number of aliphatic hydroxyl groups is 7. The van der Waals surface area contributed by atoms with Crippen LogP contribution in [-0.2, 0) is 23.3 Å². The zero-order chi connectivity index (χ0) is 20.5. The summed E-state index contributed by atoms with van der Waals surface area (Å²) in [6.45, 7) is -1.61. The molecule has 0 aliphatic carbocycles. The second-order valence-corrected chi connectivity index (χ2v) is 7.29. The van der Waals surface area contributed by atoms with Crippen molar-refractivity contribution in [2.45, 2.75) is 61.4 Å². The third kappa shape index (κ3) is 8.44. The number of hydrogen-bond donors (Lipinski definition) is 9. The van der Waals surface area contributed by atoms with Gasteiger partial charge in [0.15, 0.2) is 12.6 Å². The average molecular weight is 524 g/mol. The molecule has 30 heavy (non-hydrogen) atoms. The van der Waals surface area contributed by atoms with Crippen LogP contribution < -0.4 is 0 Å². The van der Waals surface area contributed by atoms with E-state index in [4.69, 9.17) is 24.0 Å². The van der Waals surface area contributed by atoms with Crippen LogP contribution >= 0.6 is 7.82 Å². The Hall–Kier alpha value is 2.19. The Morgan fingerprint density at radius 2 is 1.27 bits per heavy atom. The molecule has 0 saturated carbocycles. The molecular formula is C12H29Ca2O15P. The second-order valence-electron chi connectivity index (χ2n) is 6.10. The first-order valence-electron chi connectivity index (χ1n) is 7.82. The zero-order valence-corrected chi connectivity index (χ0v) is 15.1. The molecule has 0 amide bonds. The number of hydrogen-bond acceptors (Lipinski definition) is 12. The van der Waals surface area contributed by atoms with Gasteiger partial charge in [-0.15, -0.1) is 0 Å². The van der Waals surface area contributed by atoms with Crippen LogP contribution in [0.5, 0.6) is 0 Å². The minimum atomic E-state index is -5.20. The van der Waals surface area contributed by atoms with Crippen molar-refractivity contribution in [1.82, 2.24) is 0 Å². The van der Waals surface area contributed by atoms with Crippen molar-refractivity contribution in [2.24, 2.45) is 0 Å².